The average molecular weight is 452 g/mol. The Balaban J connectivity index is 1.66. The van der Waals surface area contributed by atoms with Crippen LogP contribution in [0.2, 0.25) is 0 Å². The van der Waals surface area contributed by atoms with Gasteiger partial charge >= 0.3 is 0 Å². The first-order chi connectivity index (χ1) is 14.3. The molecule has 0 spiro atoms. The summed E-state index contributed by atoms with van der Waals surface area (Å²) in [5.74, 6) is -3.37. The van der Waals surface area contributed by atoms with Crippen molar-refractivity contribution in [2.75, 3.05) is 18.4 Å². The lowest BCUT2D eigenvalue weighted by atomic mass is 9.97. The third-order valence-electron chi connectivity index (χ3n) is 4.81. The van der Waals surface area contributed by atoms with Gasteiger partial charge in [-0.15, -0.1) is 0 Å². The molecule has 2 aromatic carbocycles. The summed E-state index contributed by atoms with van der Waals surface area (Å²) < 4.78 is 52.5. The number of para-hydroxylation sites is 1. The van der Waals surface area contributed by atoms with Crippen LogP contribution in [0.25, 0.3) is 0 Å². The minimum absolute atomic E-state index is 0.0478. The maximum atomic E-state index is 12.9. The molecule has 2 aromatic rings. The summed E-state index contributed by atoms with van der Waals surface area (Å²) in [5.41, 5.74) is 0.385. The molecule has 1 fully saturated rings. The van der Waals surface area contributed by atoms with Crippen LogP contribution in [0.5, 0.6) is 0 Å². The predicted octanol–water partition coefficient (Wildman–Crippen LogP) is 3.91. The molecule has 3 rings (SSSR count). The summed E-state index contributed by atoms with van der Waals surface area (Å²) in [4.78, 5) is 12.8. The van der Waals surface area contributed by atoms with Crippen molar-refractivity contribution in [1.29, 1.82) is 5.26 Å². The molecular weight excluding hydrogens is 432 g/mol. The Hall–Kier alpha value is -2.48. The van der Waals surface area contributed by atoms with Gasteiger partial charge in [-0.3, -0.25) is 4.79 Å². The van der Waals surface area contributed by atoms with Gasteiger partial charge in [-0.25, -0.2) is 8.42 Å². The Bertz CT molecular complexity index is 1060. The molecule has 0 atom stereocenters. The van der Waals surface area contributed by atoms with Crippen molar-refractivity contribution in [3.05, 3.63) is 54.1 Å². The normalized spacial score (nSPS) is 15.7. The zero-order valence-electron chi connectivity index (χ0n) is 15.8. The molecular formula is C20H19F2N3O3S2. The van der Waals surface area contributed by atoms with Gasteiger partial charge in [0.05, 0.1) is 16.1 Å². The zero-order valence-corrected chi connectivity index (χ0v) is 17.4. The minimum atomic E-state index is -3.84. The molecule has 1 N–H and O–H groups in total. The van der Waals surface area contributed by atoms with Gasteiger partial charge in [0, 0.05) is 23.9 Å². The molecule has 158 valence electrons. The molecule has 0 bridgehead atoms. The van der Waals surface area contributed by atoms with Crippen LogP contribution in [0.15, 0.2) is 58.3 Å². The number of hydrogen-bond donors (Lipinski definition) is 1. The molecule has 0 saturated carbocycles. The van der Waals surface area contributed by atoms with E-state index in [2.05, 4.69) is 5.32 Å². The number of nitrogens with one attached hydrogen (secondary N) is 1. The molecule has 1 amide bonds. The number of sulfonamides is 1. The fourth-order valence-corrected chi connectivity index (χ4v) is 5.49. The first kappa shape index (κ1) is 22.2. The molecule has 1 aliphatic rings. The minimum Gasteiger partial charge on any atom is -0.325 e. The van der Waals surface area contributed by atoms with E-state index in [9.17, 15) is 27.3 Å². The summed E-state index contributed by atoms with van der Waals surface area (Å²) in [5, 5.41) is 11.9. The summed E-state index contributed by atoms with van der Waals surface area (Å²) in [6, 6.07) is 14.2. The molecule has 0 radical (unpaired) electrons. The number of carbonyl (C=O) groups is 1. The van der Waals surface area contributed by atoms with Crippen LogP contribution >= 0.6 is 11.8 Å². The highest BCUT2D eigenvalue weighted by molar-refractivity contribution is 7.99. The number of rotatable bonds is 6. The standard InChI is InChI=1S/C20H19F2N3O3S2/c21-20(22)29-17-7-3-2-6-16(17)24-19(26)14-9-11-25(12-10-14)30(27,28)18-8-4-1-5-15(18)13-23/h1-8,14,20H,9-12H2,(H,24,26). The van der Waals surface area contributed by atoms with Gasteiger partial charge in [-0.1, -0.05) is 36.0 Å². The molecule has 0 aliphatic carbocycles. The van der Waals surface area contributed by atoms with Crippen molar-refractivity contribution in [1.82, 2.24) is 4.31 Å². The quantitative estimate of drug-likeness (QED) is 0.673. The summed E-state index contributed by atoms with van der Waals surface area (Å²) in [7, 11) is -3.84. The van der Waals surface area contributed by atoms with E-state index in [0.29, 0.717) is 30.3 Å². The zero-order chi connectivity index (χ0) is 21.7. The van der Waals surface area contributed by atoms with Gasteiger partial charge in [0.25, 0.3) is 5.76 Å². The number of halogens is 2. The van der Waals surface area contributed by atoms with Crippen LogP contribution in [0.4, 0.5) is 14.5 Å². The number of piperidine rings is 1. The lowest BCUT2D eigenvalue weighted by Crippen LogP contribution is -2.41. The number of amides is 1. The highest BCUT2D eigenvalue weighted by Crippen LogP contribution is 2.33. The smallest absolute Gasteiger partial charge is 0.288 e. The van der Waals surface area contributed by atoms with E-state index in [0.717, 1.165) is 0 Å². The van der Waals surface area contributed by atoms with E-state index in [1.54, 1.807) is 30.3 Å². The van der Waals surface area contributed by atoms with Gasteiger partial charge < -0.3 is 5.32 Å². The highest BCUT2D eigenvalue weighted by atomic mass is 32.2. The fourth-order valence-electron chi connectivity index (χ4n) is 3.28. The number of benzene rings is 2. The number of alkyl halides is 2. The molecule has 0 aromatic heterocycles. The lowest BCUT2D eigenvalue weighted by Gasteiger charge is -2.30. The van der Waals surface area contributed by atoms with E-state index in [1.807, 2.05) is 6.07 Å². The van der Waals surface area contributed by atoms with Gasteiger partial charge in [0.2, 0.25) is 15.9 Å². The number of hydrogen-bond acceptors (Lipinski definition) is 5. The van der Waals surface area contributed by atoms with E-state index in [4.69, 9.17) is 0 Å². The number of nitriles is 1. The first-order valence-corrected chi connectivity index (χ1v) is 11.5. The van der Waals surface area contributed by atoms with Gasteiger partial charge in [0.15, 0.2) is 0 Å². The number of nitrogens with zero attached hydrogens (tertiary/aromatic N) is 2. The molecule has 0 unspecified atom stereocenters. The van der Waals surface area contributed by atoms with E-state index in [1.165, 1.54) is 22.5 Å². The largest absolute Gasteiger partial charge is 0.325 e. The summed E-state index contributed by atoms with van der Waals surface area (Å²) >= 11 is 0.357. The SMILES string of the molecule is N#Cc1ccccc1S(=O)(=O)N1CCC(C(=O)Nc2ccccc2SC(F)F)CC1. The molecule has 1 aliphatic heterocycles. The van der Waals surface area contributed by atoms with Crippen LogP contribution < -0.4 is 5.32 Å². The fraction of sp³-hybridized carbons (Fsp3) is 0.300. The second-order valence-electron chi connectivity index (χ2n) is 6.65. The van der Waals surface area contributed by atoms with Crippen molar-refractivity contribution in [3.63, 3.8) is 0 Å². The topological polar surface area (TPSA) is 90.3 Å². The first-order valence-electron chi connectivity index (χ1n) is 9.17. The maximum Gasteiger partial charge on any atom is 0.288 e. The van der Waals surface area contributed by atoms with Gasteiger partial charge in [0.1, 0.15) is 6.07 Å². The van der Waals surface area contributed by atoms with Crippen LogP contribution in [0.3, 0.4) is 0 Å². The van der Waals surface area contributed by atoms with Crippen molar-refractivity contribution in [2.24, 2.45) is 5.92 Å². The van der Waals surface area contributed by atoms with Gasteiger partial charge in [-0.2, -0.15) is 18.3 Å². The number of thioether (sulfide) groups is 1. The summed E-state index contributed by atoms with van der Waals surface area (Å²) in [6.45, 7) is 0.265. The number of anilines is 1. The van der Waals surface area contributed by atoms with Gasteiger partial charge in [-0.05, 0) is 37.1 Å². The van der Waals surface area contributed by atoms with Crippen molar-refractivity contribution >= 4 is 33.4 Å². The summed E-state index contributed by atoms with van der Waals surface area (Å²) in [6.07, 6.45) is 0.591. The monoisotopic (exact) mass is 451 g/mol. The van der Waals surface area contributed by atoms with Crippen LogP contribution in [-0.4, -0.2) is 37.5 Å². The Labute approximate surface area is 177 Å². The second kappa shape index (κ2) is 9.55. The highest BCUT2D eigenvalue weighted by Gasteiger charge is 2.33. The van der Waals surface area contributed by atoms with E-state index in [-0.39, 0.29) is 34.4 Å². The van der Waals surface area contributed by atoms with Crippen molar-refractivity contribution in [3.8, 4) is 6.07 Å². The Morgan fingerprint density at radius 2 is 1.77 bits per heavy atom. The van der Waals surface area contributed by atoms with Crippen molar-refractivity contribution in [2.45, 2.75) is 28.4 Å². The Kier molecular flexibility index (Phi) is 7.07. The third kappa shape index (κ3) is 4.98. The molecule has 1 heterocycles. The third-order valence-corrected chi connectivity index (χ3v) is 7.56. The predicted molar refractivity (Wildman–Crippen MR) is 110 cm³/mol. The second-order valence-corrected chi connectivity index (χ2v) is 9.59. The molecule has 30 heavy (non-hydrogen) atoms. The van der Waals surface area contributed by atoms with Crippen molar-refractivity contribution < 1.29 is 22.0 Å². The molecule has 6 nitrogen and oxygen atoms in total. The maximum absolute atomic E-state index is 12.9. The van der Waals surface area contributed by atoms with E-state index >= 15 is 0 Å². The number of carbonyl (C=O) groups excluding carboxylic acids is 1. The van der Waals surface area contributed by atoms with Crippen LogP contribution in [-0.2, 0) is 14.8 Å². The average Bonchev–Trinajstić information content (AvgIpc) is 2.74. The van der Waals surface area contributed by atoms with Crippen LogP contribution in [0, 0.1) is 17.2 Å². The Morgan fingerprint density at radius 3 is 2.43 bits per heavy atom. The Morgan fingerprint density at radius 1 is 1.13 bits per heavy atom. The molecule has 1 saturated heterocycles. The van der Waals surface area contributed by atoms with Crippen LogP contribution in [0.1, 0.15) is 18.4 Å². The molecule has 10 heteroatoms. The lowest BCUT2D eigenvalue weighted by molar-refractivity contribution is -0.120. The van der Waals surface area contributed by atoms with E-state index < -0.39 is 21.7 Å².